The number of anilines is 1. The maximum atomic E-state index is 12.1. The average molecular weight is 418 g/mol. The molecule has 1 N–H and O–H groups in total. The highest BCUT2D eigenvalue weighted by Crippen LogP contribution is 2.23. The summed E-state index contributed by atoms with van der Waals surface area (Å²) in [6, 6.07) is 13.5. The van der Waals surface area contributed by atoms with Crippen LogP contribution in [0.3, 0.4) is 0 Å². The second kappa shape index (κ2) is 8.26. The van der Waals surface area contributed by atoms with Crippen molar-refractivity contribution in [1.29, 1.82) is 0 Å². The number of nitrogens with one attached hydrogen (secondary N) is 1. The van der Waals surface area contributed by atoms with Crippen LogP contribution in [0.5, 0.6) is 0 Å². The summed E-state index contributed by atoms with van der Waals surface area (Å²) in [6.07, 6.45) is 1.64. The molecule has 128 valence electrons. The van der Waals surface area contributed by atoms with Crippen molar-refractivity contribution in [3.05, 3.63) is 53.1 Å². The Morgan fingerprint density at radius 3 is 2.68 bits per heavy atom. The van der Waals surface area contributed by atoms with E-state index in [-0.39, 0.29) is 11.7 Å². The molecule has 0 bridgehead atoms. The van der Waals surface area contributed by atoms with Crippen molar-refractivity contribution in [3.8, 4) is 11.4 Å². The third kappa shape index (κ3) is 4.46. The summed E-state index contributed by atoms with van der Waals surface area (Å²) in [6.45, 7) is 2.77. The molecule has 0 spiro atoms. The topological polar surface area (TPSA) is 72.7 Å². The van der Waals surface area contributed by atoms with E-state index >= 15 is 0 Å². The third-order valence-electron chi connectivity index (χ3n) is 3.39. The van der Waals surface area contributed by atoms with Crippen molar-refractivity contribution in [2.24, 2.45) is 0 Å². The van der Waals surface area contributed by atoms with Gasteiger partial charge in [0.2, 0.25) is 5.91 Å². The lowest BCUT2D eigenvalue weighted by atomic mass is 10.2. The first-order valence-electron chi connectivity index (χ1n) is 7.70. The molecule has 0 fully saturated rings. The zero-order chi connectivity index (χ0) is 17.6. The Morgan fingerprint density at radius 1 is 1.20 bits per heavy atom. The van der Waals surface area contributed by atoms with Gasteiger partial charge < -0.3 is 9.88 Å². The van der Waals surface area contributed by atoms with Crippen molar-refractivity contribution in [1.82, 2.24) is 19.7 Å². The smallest absolute Gasteiger partial charge is 0.236 e. The molecule has 0 aliphatic carbocycles. The summed E-state index contributed by atoms with van der Waals surface area (Å²) in [4.78, 5) is 16.2. The van der Waals surface area contributed by atoms with Crippen molar-refractivity contribution in [2.45, 2.75) is 18.6 Å². The molecular weight excluding hydrogens is 402 g/mol. The van der Waals surface area contributed by atoms with E-state index in [2.05, 4.69) is 36.4 Å². The first-order chi connectivity index (χ1) is 12.2. The summed E-state index contributed by atoms with van der Waals surface area (Å²) < 4.78 is 2.87. The highest BCUT2D eigenvalue weighted by molar-refractivity contribution is 9.10. The Balaban J connectivity index is 1.66. The minimum Gasteiger partial charge on any atom is -0.310 e. The zero-order valence-corrected chi connectivity index (χ0v) is 15.9. The van der Waals surface area contributed by atoms with Crippen molar-refractivity contribution < 1.29 is 4.79 Å². The quantitative estimate of drug-likeness (QED) is 0.616. The van der Waals surface area contributed by atoms with Crippen LogP contribution >= 0.6 is 27.7 Å². The molecule has 0 saturated heterocycles. The van der Waals surface area contributed by atoms with Crippen LogP contribution in [0.4, 0.5) is 5.82 Å². The van der Waals surface area contributed by atoms with Gasteiger partial charge in [-0.25, -0.2) is 4.98 Å². The van der Waals surface area contributed by atoms with Crippen LogP contribution < -0.4 is 5.32 Å². The van der Waals surface area contributed by atoms with E-state index in [0.717, 1.165) is 27.6 Å². The van der Waals surface area contributed by atoms with Gasteiger partial charge in [-0.1, -0.05) is 42.1 Å². The number of carbonyl (C=O) groups is 1. The van der Waals surface area contributed by atoms with E-state index in [1.165, 1.54) is 11.8 Å². The predicted octanol–water partition coefficient (Wildman–Crippen LogP) is 3.85. The maximum Gasteiger partial charge on any atom is 0.236 e. The molecule has 2 heterocycles. The largest absolute Gasteiger partial charge is 0.310 e. The van der Waals surface area contributed by atoms with Crippen LogP contribution in [0, 0.1) is 0 Å². The molecule has 3 aromatic rings. The Labute approximate surface area is 158 Å². The number of rotatable bonds is 6. The number of hydrogen-bond acceptors (Lipinski definition) is 5. The Kier molecular flexibility index (Phi) is 5.83. The van der Waals surface area contributed by atoms with Gasteiger partial charge in [0.15, 0.2) is 11.0 Å². The summed E-state index contributed by atoms with van der Waals surface area (Å²) in [5.41, 5.74) is 1.01. The molecule has 1 aromatic carbocycles. The molecule has 0 unspecified atom stereocenters. The second-order valence-electron chi connectivity index (χ2n) is 5.11. The molecule has 6 nitrogen and oxygen atoms in total. The van der Waals surface area contributed by atoms with Gasteiger partial charge >= 0.3 is 0 Å². The first-order valence-corrected chi connectivity index (χ1v) is 9.48. The van der Waals surface area contributed by atoms with Crippen LogP contribution in [-0.4, -0.2) is 31.4 Å². The minimum absolute atomic E-state index is 0.133. The fourth-order valence-corrected chi connectivity index (χ4v) is 3.28. The number of benzene rings is 1. The SMILES string of the molecule is CCn1c(SCC(=O)Nc2ccc(Br)cn2)nnc1-c1ccccc1. The number of hydrogen-bond donors (Lipinski definition) is 1. The van der Waals surface area contributed by atoms with Crippen molar-refractivity contribution in [3.63, 3.8) is 0 Å². The molecule has 0 aliphatic heterocycles. The number of pyridine rings is 1. The van der Waals surface area contributed by atoms with Gasteiger partial charge in [-0.05, 0) is 35.0 Å². The van der Waals surface area contributed by atoms with Gasteiger partial charge in [0.1, 0.15) is 5.82 Å². The zero-order valence-electron chi connectivity index (χ0n) is 13.5. The van der Waals surface area contributed by atoms with E-state index in [9.17, 15) is 4.79 Å². The highest BCUT2D eigenvalue weighted by atomic mass is 79.9. The Hall–Kier alpha value is -2.19. The predicted molar refractivity (Wildman–Crippen MR) is 102 cm³/mol. The van der Waals surface area contributed by atoms with E-state index in [1.54, 1.807) is 12.3 Å². The minimum atomic E-state index is -0.133. The van der Waals surface area contributed by atoms with Gasteiger partial charge in [-0.2, -0.15) is 0 Å². The highest BCUT2D eigenvalue weighted by Gasteiger charge is 2.14. The number of amides is 1. The van der Waals surface area contributed by atoms with Crippen LogP contribution in [0.2, 0.25) is 0 Å². The number of nitrogens with zero attached hydrogens (tertiary/aromatic N) is 4. The molecule has 1 amide bonds. The van der Waals surface area contributed by atoms with E-state index in [0.29, 0.717) is 5.82 Å². The lowest BCUT2D eigenvalue weighted by molar-refractivity contribution is -0.113. The Bertz CT molecular complexity index is 851. The fourth-order valence-electron chi connectivity index (χ4n) is 2.24. The molecule has 0 saturated carbocycles. The molecule has 25 heavy (non-hydrogen) atoms. The molecular formula is C17H16BrN5OS. The maximum absolute atomic E-state index is 12.1. The number of aromatic nitrogens is 4. The number of carbonyl (C=O) groups excluding carboxylic acids is 1. The first kappa shape index (κ1) is 17.6. The molecule has 0 atom stereocenters. The molecule has 0 aliphatic rings. The third-order valence-corrected chi connectivity index (χ3v) is 4.83. The van der Waals surface area contributed by atoms with Gasteiger partial charge in [-0.15, -0.1) is 10.2 Å². The summed E-state index contributed by atoms with van der Waals surface area (Å²) in [5.74, 6) is 1.44. The molecule has 0 radical (unpaired) electrons. The van der Waals surface area contributed by atoms with E-state index in [1.807, 2.05) is 47.9 Å². The lowest BCUT2D eigenvalue weighted by Crippen LogP contribution is -2.15. The molecule has 2 aromatic heterocycles. The van der Waals surface area contributed by atoms with Crippen molar-refractivity contribution >= 4 is 39.4 Å². The van der Waals surface area contributed by atoms with Crippen LogP contribution in [0.15, 0.2) is 58.3 Å². The van der Waals surface area contributed by atoms with Crippen LogP contribution in [0.25, 0.3) is 11.4 Å². The summed E-state index contributed by atoms with van der Waals surface area (Å²) in [5, 5.41) is 12.0. The monoisotopic (exact) mass is 417 g/mol. The lowest BCUT2D eigenvalue weighted by Gasteiger charge is -2.07. The summed E-state index contributed by atoms with van der Waals surface area (Å²) >= 11 is 4.67. The number of halogens is 1. The molecule has 3 rings (SSSR count). The fraction of sp³-hybridized carbons (Fsp3) is 0.176. The van der Waals surface area contributed by atoms with Gasteiger partial charge in [0.05, 0.1) is 5.75 Å². The molecule has 8 heteroatoms. The number of thioether (sulfide) groups is 1. The second-order valence-corrected chi connectivity index (χ2v) is 6.97. The average Bonchev–Trinajstić information content (AvgIpc) is 3.05. The normalized spacial score (nSPS) is 10.6. The van der Waals surface area contributed by atoms with Gasteiger partial charge in [-0.3, -0.25) is 4.79 Å². The standard InChI is InChI=1S/C17H16BrN5OS/c1-2-23-16(12-6-4-3-5-7-12)21-22-17(23)25-11-15(24)20-14-9-8-13(18)10-19-14/h3-10H,2,11H2,1H3,(H,19,20,24). The van der Waals surface area contributed by atoms with Gasteiger partial charge in [0, 0.05) is 22.8 Å². The van der Waals surface area contributed by atoms with E-state index < -0.39 is 0 Å². The Morgan fingerprint density at radius 2 is 2.00 bits per heavy atom. The van der Waals surface area contributed by atoms with Crippen molar-refractivity contribution in [2.75, 3.05) is 11.1 Å². The summed E-state index contributed by atoms with van der Waals surface area (Å²) in [7, 11) is 0. The van der Waals surface area contributed by atoms with E-state index in [4.69, 9.17) is 0 Å². The van der Waals surface area contributed by atoms with Crippen LogP contribution in [-0.2, 0) is 11.3 Å². The van der Waals surface area contributed by atoms with Crippen LogP contribution in [0.1, 0.15) is 6.92 Å². The van der Waals surface area contributed by atoms with Gasteiger partial charge in [0.25, 0.3) is 0 Å².